The van der Waals surface area contributed by atoms with Gasteiger partial charge in [0.2, 0.25) is 0 Å². The zero-order chi connectivity index (χ0) is 14.8. The van der Waals surface area contributed by atoms with E-state index in [1.807, 2.05) is 12.3 Å². The number of para-hydroxylation sites is 1. The summed E-state index contributed by atoms with van der Waals surface area (Å²) in [6.07, 6.45) is 13.3. The normalized spacial score (nSPS) is 27.5. The van der Waals surface area contributed by atoms with Crippen LogP contribution in [0.15, 0.2) is 48.4 Å². The Morgan fingerprint density at radius 3 is 2.91 bits per heavy atom. The van der Waals surface area contributed by atoms with E-state index in [-0.39, 0.29) is 0 Å². The SMILES string of the molecule is C1=CC2=COc3ccccc3C[N+]2(CNC2CCCCC2)C1. The van der Waals surface area contributed by atoms with E-state index in [2.05, 4.69) is 35.7 Å². The van der Waals surface area contributed by atoms with E-state index in [4.69, 9.17) is 4.74 Å². The second-order valence-electron chi connectivity index (χ2n) is 6.85. The standard InChI is InChI=1S/C19H25N2O/c1-2-8-17(9-3-1)20-15-21-12-6-10-18(21)14-22-19-11-5-4-7-16(19)13-21/h4-7,10-11,14,17,20H,1-3,8-9,12-13,15H2/q+1. The average Bonchev–Trinajstić information content (AvgIpc) is 2.89. The Bertz CT molecular complexity index is 601. The highest BCUT2D eigenvalue weighted by molar-refractivity contribution is 5.35. The van der Waals surface area contributed by atoms with Crippen molar-refractivity contribution in [2.45, 2.75) is 44.7 Å². The molecule has 0 aromatic heterocycles. The van der Waals surface area contributed by atoms with Crippen LogP contribution in [0.5, 0.6) is 5.75 Å². The van der Waals surface area contributed by atoms with Gasteiger partial charge in [0.1, 0.15) is 25.5 Å². The van der Waals surface area contributed by atoms with E-state index < -0.39 is 0 Å². The first-order chi connectivity index (χ1) is 10.9. The van der Waals surface area contributed by atoms with Gasteiger partial charge in [-0.25, -0.2) is 0 Å². The van der Waals surface area contributed by atoms with Gasteiger partial charge in [0.15, 0.2) is 12.0 Å². The molecular weight excluding hydrogens is 272 g/mol. The Labute approximate surface area is 132 Å². The molecule has 1 atom stereocenters. The lowest BCUT2D eigenvalue weighted by Crippen LogP contribution is -2.52. The molecule has 0 radical (unpaired) electrons. The van der Waals surface area contributed by atoms with Gasteiger partial charge in [-0.05, 0) is 31.1 Å². The van der Waals surface area contributed by atoms with Crippen LogP contribution in [0.4, 0.5) is 0 Å². The molecule has 0 bridgehead atoms. The third-order valence-electron chi connectivity index (χ3n) is 5.33. The number of hydrogen-bond donors (Lipinski definition) is 1. The molecule has 22 heavy (non-hydrogen) atoms. The number of quaternary nitrogens is 1. The number of allylic oxidation sites excluding steroid dienone is 1. The molecule has 1 unspecified atom stereocenters. The number of hydrogen-bond acceptors (Lipinski definition) is 2. The molecule has 1 N–H and O–H groups in total. The number of ether oxygens (including phenoxy) is 1. The van der Waals surface area contributed by atoms with Gasteiger partial charge in [-0.1, -0.05) is 31.4 Å². The molecule has 1 saturated carbocycles. The third kappa shape index (κ3) is 2.59. The molecule has 1 aliphatic carbocycles. The van der Waals surface area contributed by atoms with Crippen LogP contribution in [0.25, 0.3) is 0 Å². The van der Waals surface area contributed by atoms with Crippen LogP contribution in [0.1, 0.15) is 37.7 Å². The number of nitrogens with zero attached hydrogens (tertiary/aromatic N) is 1. The highest BCUT2D eigenvalue weighted by Gasteiger charge is 2.38. The largest absolute Gasteiger partial charge is 0.458 e. The molecule has 4 rings (SSSR count). The zero-order valence-corrected chi connectivity index (χ0v) is 13.1. The van der Waals surface area contributed by atoms with E-state index in [0.29, 0.717) is 6.04 Å². The summed E-state index contributed by atoms with van der Waals surface area (Å²) in [6, 6.07) is 9.13. The first-order valence-corrected chi connectivity index (χ1v) is 8.57. The zero-order valence-electron chi connectivity index (χ0n) is 13.1. The molecular formula is C19H25N2O+. The van der Waals surface area contributed by atoms with Gasteiger partial charge in [0.05, 0.1) is 0 Å². The molecule has 1 fully saturated rings. The van der Waals surface area contributed by atoms with Crippen molar-refractivity contribution in [1.29, 1.82) is 0 Å². The van der Waals surface area contributed by atoms with Crippen LogP contribution < -0.4 is 10.1 Å². The molecule has 2 heterocycles. The lowest BCUT2D eigenvalue weighted by Gasteiger charge is -2.36. The Balaban J connectivity index is 1.55. The van der Waals surface area contributed by atoms with Gasteiger partial charge in [-0.2, -0.15) is 0 Å². The summed E-state index contributed by atoms with van der Waals surface area (Å²) in [7, 11) is 0. The summed E-state index contributed by atoms with van der Waals surface area (Å²) in [5.41, 5.74) is 2.60. The smallest absolute Gasteiger partial charge is 0.169 e. The minimum absolute atomic E-state index is 0.697. The molecule has 2 aliphatic heterocycles. The Morgan fingerprint density at radius 1 is 1.14 bits per heavy atom. The maximum Gasteiger partial charge on any atom is 0.169 e. The molecule has 1 aromatic carbocycles. The first-order valence-electron chi connectivity index (χ1n) is 8.57. The van der Waals surface area contributed by atoms with Crippen LogP contribution >= 0.6 is 0 Å². The summed E-state index contributed by atoms with van der Waals surface area (Å²) in [5, 5.41) is 3.85. The van der Waals surface area contributed by atoms with Crippen LogP contribution in [-0.2, 0) is 6.54 Å². The number of rotatable bonds is 3. The molecule has 0 spiro atoms. The summed E-state index contributed by atoms with van der Waals surface area (Å²) >= 11 is 0. The maximum absolute atomic E-state index is 5.92. The highest BCUT2D eigenvalue weighted by Crippen LogP contribution is 2.34. The second-order valence-corrected chi connectivity index (χ2v) is 6.85. The number of benzene rings is 1. The van der Waals surface area contributed by atoms with Crippen molar-refractivity contribution < 1.29 is 9.22 Å². The molecule has 0 amide bonds. The van der Waals surface area contributed by atoms with Crippen molar-refractivity contribution >= 4 is 0 Å². The van der Waals surface area contributed by atoms with E-state index in [1.54, 1.807) is 0 Å². The van der Waals surface area contributed by atoms with E-state index in [1.165, 1.54) is 43.4 Å². The van der Waals surface area contributed by atoms with Gasteiger partial charge in [-0.15, -0.1) is 0 Å². The van der Waals surface area contributed by atoms with Crippen molar-refractivity contribution in [2.24, 2.45) is 0 Å². The van der Waals surface area contributed by atoms with Gasteiger partial charge in [-0.3, -0.25) is 9.80 Å². The van der Waals surface area contributed by atoms with Gasteiger partial charge in [0.25, 0.3) is 0 Å². The molecule has 3 nitrogen and oxygen atoms in total. The van der Waals surface area contributed by atoms with Crippen molar-refractivity contribution in [3.63, 3.8) is 0 Å². The lowest BCUT2D eigenvalue weighted by atomic mass is 9.96. The van der Waals surface area contributed by atoms with Gasteiger partial charge < -0.3 is 4.74 Å². The van der Waals surface area contributed by atoms with Crippen molar-refractivity contribution in [2.75, 3.05) is 13.2 Å². The van der Waals surface area contributed by atoms with E-state index in [0.717, 1.165) is 30.0 Å². The van der Waals surface area contributed by atoms with Gasteiger partial charge in [0, 0.05) is 17.7 Å². The quantitative estimate of drug-likeness (QED) is 0.859. The van der Waals surface area contributed by atoms with Crippen LogP contribution in [0.3, 0.4) is 0 Å². The summed E-state index contributed by atoms with van der Waals surface area (Å²) in [4.78, 5) is 0. The van der Waals surface area contributed by atoms with E-state index >= 15 is 0 Å². The fraction of sp³-hybridized carbons (Fsp3) is 0.474. The molecule has 0 saturated heterocycles. The molecule has 3 heteroatoms. The molecule has 3 aliphatic rings. The van der Waals surface area contributed by atoms with E-state index in [9.17, 15) is 0 Å². The molecule has 116 valence electrons. The maximum atomic E-state index is 5.92. The highest BCUT2D eigenvalue weighted by atomic mass is 16.5. The summed E-state index contributed by atoms with van der Waals surface area (Å²) in [5.74, 6) is 1.01. The third-order valence-corrected chi connectivity index (χ3v) is 5.33. The topological polar surface area (TPSA) is 21.3 Å². The van der Waals surface area contributed by atoms with Crippen molar-refractivity contribution in [3.05, 3.63) is 53.9 Å². The average molecular weight is 297 g/mol. The van der Waals surface area contributed by atoms with Crippen LogP contribution in [-0.4, -0.2) is 23.7 Å². The Hall–Kier alpha value is -1.58. The minimum Gasteiger partial charge on any atom is -0.458 e. The number of fused-ring (bicyclic) bond motifs is 2. The fourth-order valence-electron chi connectivity index (χ4n) is 3.97. The van der Waals surface area contributed by atoms with Crippen molar-refractivity contribution in [1.82, 2.24) is 5.32 Å². The fourth-order valence-corrected chi connectivity index (χ4v) is 3.97. The molecule has 1 aromatic rings. The van der Waals surface area contributed by atoms with Gasteiger partial charge >= 0.3 is 0 Å². The Kier molecular flexibility index (Phi) is 3.77. The number of nitrogens with one attached hydrogen (secondary N) is 1. The summed E-state index contributed by atoms with van der Waals surface area (Å²) in [6.45, 7) is 3.07. The first kappa shape index (κ1) is 14.0. The van der Waals surface area contributed by atoms with Crippen LogP contribution in [0, 0.1) is 0 Å². The summed E-state index contributed by atoms with van der Waals surface area (Å²) < 4.78 is 6.87. The predicted octanol–water partition coefficient (Wildman–Crippen LogP) is 3.69. The van der Waals surface area contributed by atoms with Crippen molar-refractivity contribution in [3.8, 4) is 5.75 Å². The second kappa shape index (κ2) is 5.90. The minimum atomic E-state index is 0.697. The monoisotopic (exact) mass is 297 g/mol. The predicted molar refractivity (Wildman–Crippen MR) is 88.0 cm³/mol. The Morgan fingerprint density at radius 2 is 2.00 bits per heavy atom. The van der Waals surface area contributed by atoms with Crippen LogP contribution in [0.2, 0.25) is 0 Å². The lowest BCUT2D eigenvalue weighted by molar-refractivity contribution is -0.896.